The van der Waals surface area contributed by atoms with E-state index in [2.05, 4.69) is 22.0 Å². The van der Waals surface area contributed by atoms with Crippen LogP contribution in [0.25, 0.3) is 11.0 Å². The fourth-order valence-electron chi connectivity index (χ4n) is 3.01. The molecule has 0 bridgehead atoms. The lowest BCUT2D eigenvalue weighted by molar-refractivity contribution is -0.126. The van der Waals surface area contributed by atoms with Gasteiger partial charge in [0.25, 0.3) is 0 Å². The first kappa shape index (κ1) is 16.2. The number of amides is 1. The van der Waals surface area contributed by atoms with Crippen LogP contribution in [0.3, 0.4) is 0 Å². The van der Waals surface area contributed by atoms with Crippen LogP contribution in [0.1, 0.15) is 5.69 Å². The van der Waals surface area contributed by atoms with Gasteiger partial charge in [-0.05, 0) is 18.2 Å². The zero-order valence-corrected chi connectivity index (χ0v) is 15.1. The quantitative estimate of drug-likeness (QED) is 0.661. The molecule has 3 heterocycles. The van der Waals surface area contributed by atoms with Crippen molar-refractivity contribution in [1.29, 1.82) is 0 Å². The summed E-state index contributed by atoms with van der Waals surface area (Å²) in [6.07, 6.45) is 5.24. The molecule has 1 aliphatic heterocycles. The van der Waals surface area contributed by atoms with E-state index >= 15 is 0 Å². The molecule has 1 aliphatic rings. The van der Waals surface area contributed by atoms with Crippen molar-refractivity contribution in [3.63, 3.8) is 0 Å². The number of benzene rings is 1. The van der Waals surface area contributed by atoms with Gasteiger partial charge < -0.3 is 9.80 Å². The van der Waals surface area contributed by atoms with E-state index in [1.165, 1.54) is 17.0 Å². The summed E-state index contributed by atoms with van der Waals surface area (Å²) in [5.74, 6) is 0.00829. The number of para-hydroxylation sites is 1. The third kappa shape index (κ3) is 3.27. The molecule has 3 aromatic rings. The summed E-state index contributed by atoms with van der Waals surface area (Å²) >= 11 is 7.67. The van der Waals surface area contributed by atoms with E-state index in [0.717, 1.165) is 23.7 Å². The zero-order chi connectivity index (χ0) is 17.2. The Bertz CT molecular complexity index is 910. The van der Waals surface area contributed by atoms with Gasteiger partial charge >= 0.3 is 0 Å². The largest absolute Gasteiger partial charge is 0.368 e. The summed E-state index contributed by atoms with van der Waals surface area (Å²) in [6.45, 7) is 3.11. The first-order valence-electron chi connectivity index (χ1n) is 8.10. The molecule has 7 heteroatoms. The Kier molecular flexibility index (Phi) is 4.46. The number of nitrogens with zero attached hydrogens (tertiary/aromatic N) is 4. The van der Waals surface area contributed by atoms with Gasteiger partial charge in [0.05, 0.1) is 5.69 Å². The number of thiazole rings is 1. The number of aromatic nitrogens is 2. The van der Waals surface area contributed by atoms with Crippen LogP contribution in [0.5, 0.6) is 0 Å². The Labute approximate surface area is 154 Å². The normalized spacial score (nSPS) is 15.4. The van der Waals surface area contributed by atoms with Crippen LogP contribution >= 0.6 is 22.9 Å². The molecule has 2 aromatic heterocycles. The van der Waals surface area contributed by atoms with Crippen LogP contribution in [0.4, 0.5) is 5.69 Å². The van der Waals surface area contributed by atoms with E-state index in [1.807, 2.05) is 39.1 Å². The number of hydrogen-bond acceptors (Lipinski definition) is 4. The molecule has 25 heavy (non-hydrogen) atoms. The maximum atomic E-state index is 12.5. The van der Waals surface area contributed by atoms with Gasteiger partial charge in [0.1, 0.15) is 0 Å². The van der Waals surface area contributed by atoms with Crippen LogP contribution in [-0.2, 0) is 4.79 Å². The second-order valence-corrected chi connectivity index (χ2v) is 7.06. The van der Waals surface area contributed by atoms with Gasteiger partial charge in [0.2, 0.25) is 5.91 Å². The topological polar surface area (TPSA) is 40.9 Å². The lowest BCUT2D eigenvalue weighted by atomic mass is 10.2. The van der Waals surface area contributed by atoms with Gasteiger partial charge in [-0.25, -0.2) is 4.98 Å². The Balaban J connectivity index is 1.41. The average molecular weight is 373 g/mol. The van der Waals surface area contributed by atoms with Gasteiger partial charge in [0.15, 0.2) is 10.1 Å². The minimum Gasteiger partial charge on any atom is -0.368 e. The number of rotatable bonds is 3. The lowest BCUT2D eigenvalue weighted by Gasteiger charge is -2.35. The van der Waals surface area contributed by atoms with Gasteiger partial charge in [-0.3, -0.25) is 9.20 Å². The Morgan fingerprint density at radius 3 is 2.68 bits per heavy atom. The number of hydrogen-bond donors (Lipinski definition) is 0. The number of piperazine rings is 1. The van der Waals surface area contributed by atoms with Gasteiger partial charge in [-0.15, -0.1) is 11.3 Å². The average Bonchev–Trinajstić information content (AvgIpc) is 3.21. The number of imidazole rings is 1. The molecule has 4 rings (SSSR count). The summed E-state index contributed by atoms with van der Waals surface area (Å²) in [5, 5.41) is 2.37. The minimum atomic E-state index is 0.00829. The van der Waals surface area contributed by atoms with E-state index < -0.39 is 0 Å². The maximum Gasteiger partial charge on any atom is 0.246 e. The highest BCUT2D eigenvalue weighted by atomic mass is 35.5. The SMILES string of the molecule is O=C(/C=C/c1c(Cl)nc2sccn12)N1CCN(c2ccccc2)CC1. The summed E-state index contributed by atoms with van der Waals surface area (Å²) in [6, 6.07) is 10.3. The molecule has 1 aromatic carbocycles. The Morgan fingerprint density at radius 2 is 1.92 bits per heavy atom. The third-order valence-corrected chi connectivity index (χ3v) is 5.39. The van der Waals surface area contributed by atoms with Crippen molar-refractivity contribution < 1.29 is 4.79 Å². The number of fused-ring (bicyclic) bond motifs is 1. The number of halogens is 1. The minimum absolute atomic E-state index is 0.00829. The second kappa shape index (κ2) is 6.90. The maximum absolute atomic E-state index is 12.5. The van der Waals surface area contributed by atoms with Crippen molar-refractivity contribution in [2.24, 2.45) is 0 Å². The van der Waals surface area contributed by atoms with Crippen LogP contribution in [0, 0.1) is 0 Å². The summed E-state index contributed by atoms with van der Waals surface area (Å²) < 4.78 is 1.89. The molecule has 0 unspecified atom stereocenters. The number of anilines is 1. The van der Waals surface area contributed by atoms with Crippen molar-refractivity contribution >= 4 is 45.6 Å². The number of carbonyl (C=O) groups is 1. The van der Waals surface area contributed by atoms with E-state index in [4.69, 9.17) is 11.6 Å². The summed E-state index contributed by atoms with van der Waals surface area (Å²) in [7, 11) is 0. The molecule has 1 fully saturated rings. The van der Waals surface area contributed by atoms with Gasteiger partial charge in [-0.1, -0.05) is 29.8 Å². The van der Waals surface area contributed by atoms with Crippen LogP contribution < -0.4 is 4.90 Å². The monoisotopic (exact) mass is 372 g/mol. The predicted molar refractivity (Wildman–Crippen MR) is 102 cm³/mol. The molecule has 1 saturated heterocycles. The predicted octanol–water partition coefficient (Wildman–Crippen LogP) is 3.41. The van der Waals surface area contributed by atoms with Crippen molar-refractivity contribution in [3.05, 3.63) is 58.8 Å². The van der Waals surface area contributed by atoms with Gasteiger partial charge in [-0.2, -0.15) is 0 Å². The first-order valence-corrected chi connectivity index (χ1v) is 9.36. The molecule has 0 N–H and O–H groups in total. The Morgan fingerprint density at radius 1 is 1.16 bits per heavy atom. The van der Waals surface area contributed by atoms with Crippen molar-refractivity contribution in [1.82, 2.24) is 14.3 Å². The summed E-state index contributed by atoms with van der Waals surface area (Å²) in [5.41, 5.74) is 1.95. The molecule has 5 nitrogen and oxygen atoms in total. The lowest BCUT2D eigenvalue weighted by Crippen LogP contribution is -2.48. The fraction of sp³-hybridized carbons (Fsp3) is 0.222. The Hall–Kier alpha value is -2.31. The van der Waals surface area contributed by atoms with Gasteiger partial charge in [0, 0.05) is 49.5 Å². The van der Waals surface area contributed by atoms with Crippen molar-refractivity contribution in [3.8, 4) is 0 Å². The first-order chi connectivity index (χ1) is 12.2. The molecule has 0 aliphatic carbocycles. The third-order valence-electron chi connectivity index (χ3n) is 4.35. The standard InChI is InChI=1S/C18H17ClN4OS/c19-17-15(23-12-13-25-18(23)20-17)6-7-16(24)22-10-8-21(9-11-22)14-4-2-1-3-5-14/h1-7,12-13H,8-11H2/b7-6+. The molecule has 0 atom stereocenters. The van der Waals surface area contributed by atoms with Crippen LogP contribution in [0.2, 0.25) is 5.15 Å². The van der Waals surface area contributed by atoms with Crippen LogP contribution in [0.15, 0.2) is 48.0 Å². The fourth-order valence-corrected chi connectivity index (χ4v) is 4.01. The van der Waals surface area contributed by atoms with E-state index in [1.54, 1.807) is 12.2 Å². The number of carbonyl (C=O) groups excluding carboxylic acids is 1. The van der Waals surface area contributed by atoms with Crippen molar-refractivity contribution in [2.75, 3.05) is 31.1 Å². The molecule has 128 valence electrons. The highest BCUT2D eigenvalue weighted by Gasteiger charge is 2.20. The van der Waals surface area contributed by atoms with E-state index in [9.17, 15) is 4.79 Å². The highest BCUT2D eigenvalue weighted by molar-refractivity contribution is 7.15. The van der Waals surface area contributed by atoms with E-state index in [0.29, 0.717) is 18.2 Å². The second-order valence-electron chi connectivity index (χ2n) is 5.82. The highest BCUT2D eigenvalue weighted by Crippen LogP contribution is 2.22. The molecule has 0 saturated carbocycles. The zero-order valence-electron chi connectivity index (χ0n) is 13.5. The molecule has 0 spiro atoms. The smallest absolute Gasteiger partial charge is 0.246 e. The van der Waals surface area contributed by atoms with Crippen LogP contribution in [-0.4, -0.2) is 46.4 Å². The molecular formula is C18H17ClN4OS. The summed E-state index contributed by atoms with van der Waals surface area (Å²) in [4.78, 5) is 21.7. The molecule has 1 amide bonds. The van der Waals surface area contributed by atoms with E-state index in [-0.39, 0.29) is 5.91 Å². The van der Waals surface area contributed by atoms with Crippen molar-refractivity contribution in [2.45, 2.75) is 0 Å². The molecular weight excluding hydrogens is 356 g/mol. The molecule has 0 radical (unpaired) electrons.